The fourth-order valence-electron chi connectivity index (χ4n) is 3.00. The molecule has 0 atom stereocenters. The molecule has 0 bridgehead atoms. The maximum Gasteiger partial charge on any atom is 0.246 e. The Bertz CT molecular complexity index is 784. The molecular formula is C21H21N3O. The molecule has 0 saturated carbocycles. The zero-order valence-electron chi connectivity index (χ0n) is 14.1. The van der Waals surface area contributed by atoms with Gasteiger partial charge in [-0.3, -0.25) is 4.79 Å². The number of carbonyl (C=O) groups is 1. The summed E-state index contributed by atoms with van der Waals surface area (Å²) in [5, 5.41) is 12.4. The molecule has 1 aliphatic heterocycles. The SMILES string of the molecule is N#Cc1cccc(/C=C\C(=O)N2CCC(Nc3ccccc3)CC2)c1. The van der Waals surface area contributed by atoms with Crippen molar-refractivity contribution >= 4 is 17.7 Å². The van der Waals surface area contributed by atoms with E-state index in [0.29, 0.717) is 11.6 Å². The first-order valence-electron chi connectivity index (χ1n) is 8.53. The number of likely N-dealkylation sites (tertiary alicyclic amines) is 1. The molecule has 1 saturated heterocycles. The van der Waals surface area contributed by atoms with Crippen molar-refractivity contribution in [3.8, 4) is 6.07 Å². The number of piperidine rings is 1. The molecule has 0 aromatic heterocycles. The number of amides is 1. The Kier molecular flexibility index (Phi) is 5.48. The van der Waals surface area contributed by atoms with Gasteiger partial charge < -0.3 is 10.2 Å². The topological polar surface area (TPSA) is 56.1 Å². The van der Waals surface area contributed by atoms with E-state index in [2.05, 4.69) is 23.5 Å². The maximum absolute atomic E-state index is 12.3. The van der Waals surface area contributed by atoms with Crippen molar-refractivity contribution in [2.24, 2.45) is 0 Å². The number of nitriles is 1. The molecule has 0 unspecified atom stereocenters. The first-order chi connectivity index (χ1) is 12.2. The Hall–Kier alpha value is -3.06. The van der Waals surface area contributed by atoms with Crippen LogP contribution in [0.2, 0.25) is 0 Å². The molecule has 0 aliphatic carbocycles. The van der Waals surface area contributed by atoms with E-state index in [4.69, 9.17) is 5.26 Å². The standard InChI is InChI=1S/C21H21N3O/c22-16-18-6-4-5-17(15-18)9-10-21(25)24-13-11-20(12-14-24)23-19-7-2-1-3-8-19/h1-10,15,20,23H,11-14H2/b10-9-. The highest BCUT2D eigenvalue weighted by molar-refractivity contribution is 5.91. The minimum atomic E-state index is 0.0283. The Balaban J connectivity index is 1.51. The van der Waals surface area contributed by atoms with Crippen LogP contribution in [-0.4, -0.2) is 29.9 Å². The number of benzene rings is 2. The number of para-hydroxylation sites is 1. The van der Waals surface area contributed by atoms with Gasteiger partial charge in [0.2, 0.25) is 5.91 Å². The number of nitrogens with zero attached hydrogens (tertiary/aromatic N) is 2. The predicted octanol–water partition coefficient (Wildman–Crippen LogP) is 3.67. The highest BCUT2D eigenvalue weighted by atomic mass is 16.2. The van der Waals surface area contributed by atoms with Gasteiger partial charge in [-0.15, -0.1) is 0 Å². The first kappa shape index (κ1) is 16.8. The zero-order valence-corrected chi connectivity index (χ0v) is 14.1. The molecule has 0 spiro atoms. The van der Waals surface area contributed by atoms with Gasteiger partial charge in [0, 0.05) is 30.9 Å². The predicted molar refractivity (Wildman–Crippen MR) is 99.9 cm³/mol. The van der Waals surface area contributed by atoms with Crippen LogP contribution in [0.25, 0.3) is 6.08 Å². The van der Waals surface area contributed by atoms with Crippen LogP contribution < -0.4 is 5.32 Å². The van der Waals surface area contributed by atoms with Gasteiger partial charge in [0.1, 0.15) is 0 Å². The minimum Gasteiger partial charge on any atom is -0.382 e. The number of anilines is 1. The molecule has 25 heavy (non-hydrogen) atoms. The summed E-state index contributed by atoms with van der Waals surface area (Å²) in [6.07, 6.45) is 5.26. The number of carbonyl (C=O) groups excluding carboxylic acids is 1. The fourth-order valence-corrected chi connectivity index (χ4v) is 3.00. The van der Waals surface area contributed by atoms with Crippen LogP contribution in [0.15, 0.2) is 60.7 Å². The van der Waals surface area contributed by atoms with E-state index < -0.39 is 0 Å². The molecule has 4 heteroatoms. The molecule has 2 aromatic carbocycles. The van der Waals surface area contributed by atoms with Crippen LogP contribution in [0.5, 0.6) is 0 Å². The van der Waals surface area contributed by atoms with Gasteiger partial charge in [-0.1, -0.05) is 30.3 Å². The van der Waals surface area contributed by atoms with E-state index in [9.17, 15) is 4.79 Å². The Morgan fingerprint density at radius 3 is 2.60 bits per heavy atom. The summed E-state index contributed by atoms with van der Waals surface area (Å²) < 4.78 is 0. The molecule has 126 valence electrons. The van der Waals surface area contributed by atoms with Crippen LogP contribution in [0.3, 0.4) is 0 Å². The number of nitrogens with one attached hydrogen (secondary N) is 1. The molecule has 1 aliphatic rings. The number of rotatable bonds is 4. The summed E-state index contributed by atoms with van der Waals surface area (Å²) in [5.41, 5.74) is 2.60. The third-order valence-corrected chi connectivity index (χ3v) is 4.39. The van der Waals surface area contributed by atoms with E-state index >= 15 is 0 Å². The lowest BCUT2D eigenvalue weighted by Gasteiger charge is -2.32. The molecular weight excluding hydrogens is 310 g/mol. The van der Waals surface area contributed by atoms with Gasteiger partial charge in [-0.05, 0) is 48.7 Å². The van der Waals surface area contributed by atoms with Gasteiger partial charge >= 0.3 is 0 Å². The van der Waals surface area contributed by atoms with Crippen molar-refractivity contribution < 1.29 is 4.79 Å². The van der Waals surface area contributed by atoms with Crippen LogP contribution in [-0.2, 0) is 4.79 Å². The normalized spacial score (nSPS) is 15.1. The van der Waals surface area contributed by atoms with E-state index in [1.54, 1.807) is 24.3 Å². The van der Waals surface area contributed by atoms with Crippen molar-refractivity contribution in [1.29, 1.82) is 5.26 Å². The Labute approximate surface area is 148 Å². The van der Waals surface area contributed by atoms with Gasteiger partial charge in [-0.2, -0.15) is 5.26 Å². The minimum absolute atomic E-state index is 0.0283. The van der Waals surface area contributed by atoms with Crippen molar-refractivity contribution in [2.75, 3.05) is 18.4 Å². The van der Waals surface area contributed by atoms with Crippen LogP contribution >= 0.6 is 0 Å². The third kappa shape index (κ3) is 4.71. The molecule has 0 radical (unpaired) electrons. The molecule has 4 nitrogen and oxygen atoms in total. The van der Waals surface area contributed by atoms with Gasteiger partial charge in [0.05, 0.1) is 11.6 Å². The summed E-state index contributed by atoms with van der Waals surface area (Å²) in [6.45, 7) is 1.51. The van der Waals surface area contributed by atoms with Crippen LogP contribution in [0.1, 0.15) is 24.0 Å². The molecule has 1 fully saturated rings. The Morgan fingerprint density at radius 1 is 1.12 bits per heavy atom. The monoisotopic (exact) mass is 331 g/mol. The molecule has 1 heterocycles. The van der Waals surface area contributed by atoms with E-state index in [1.165, 1.54) is 0 Å². The second-order valence-electron chi connectivity index (χ2n) is 6.18. The highest BCUT2D eigenvalue weighted by Gasteiger charge is 2.21. The molecule has 1 amide bonds. The van der Waals surface area contributed by atoms with Gasteiger partial charge in [0.25, 0.3) is 0 Å². The number of hydrogen-bond donors (Lipinski definition) is 1. The summed E-state index contributed by atoms with van der Waals surface area (Å²) in [7, 11) is 0. The smallest absolute Gasteiger partial charge is 0.246 e. The van der Waals surface area contributed by atoms with E-state index in [1.807, 2.05) is 35.2 Å². The van der Waals surface area contributed by atoms with Crippen molar-refractivity contribution in [1.82, 2.24) is 4.90 Å². The lowest BCUT2D eigenvalue weighted by Crippen LogP contribution is -2.41. The van der Waals surface area contributed by atoms with Gasteiger partial charge in [0.15, 0.2) is 0 Å². The second kappa shape index (κ2) is 8.16. The average Bonchev–Trinajstić information content (AvgIpc) is 2.67. The second-order valence-corrected chi connectivity index (χ2v) is 6.18. The Morgan fingerprint density at radius 2 is 1.88 bits per heavy atom. The zero-order chi connectivity index (χ0) is 17.5. The van der Waals surface area contributed by atoms with Crippen LogP contribution in [0, 0.1) is 11.3 Å². The summed E-state index contributed by atoms with van der Waals surface area (Å²) in [5.74, 6) is 0.0283. The largest absolute Gasteiger partial charge is 0.382 e. The average molecular weight is 331 g/mol. The van der Waals surface area contributed by atoms with Crippen molar-refractivity contribution in [3.05, 3.63) is 71.8 Å². The lowest BCUT2D eigenvalue weighted by atomic mass is 10.0. The fraction of sp³-hybridized carbons (Fsp3) is 0.238. The quantitative estimate of drug-likeness (QED) is 0.870. The summed E-state index contributed by atoms with van der Waals surface area (Å²) in [4.78, 5) is 14.2. The van der Waals surface area contributed by atoms with Crippen molar-refractivity contribution in [3.63, 3.8) is 0 Å². The summed E-state index contributed by atoms with van der Waals surface area (Å²) in [6, 6.07) is 19.9. The number of hydrogen-bond acceptors (Lipinski definition) is 3. The van der Waals surface area contributed by atoms with E-state index in [-0.39, 0.29) is 5.91 Å². The lowest BCUT2D eigenvalue weighted by molar-refractivity contribution is -0.126. The highest BCUT2D eigenvalue weighted by Crippen LogP contribution is 2.17. The summed E-state index contributed by atoms with van der Waals surface area (Å²) >= 11 is 0. The van der Waals surface area contributed by atoms with Crippen molar-refractivity contribution in [2.45, 2.75) is 18.9 Å². The van der Waals surface area contributed by atoms with Crippen LogP contribution in [0.4, 0.5) is 5.69 Å². The third-order valence-electron chi connectivity index (χ3n) is 4.39. The first-order valence-corrected chi connectivity index (χ1v) is 8.53. The molecule has 3 rings (SSSR count). The maximum atomic E-state index is 12.3. The van der Waals surface area contributed by atoms with E-state index in [0.717, 1.165) is 37.2 Å². The molecule has 2 aromatic rings. The molecule has 1 N–H and O–H groups in total. The van der Waals surface area contributed by atoms with Gasteiger partial charge in [-0.25, -0.2) is 0 Å².